The maximum absolute atomic E-state index is 14.0. The minimum absolute atomic E-state index is 0.207. The molecule has 0 saturated carbocycles. The van der Waals surface area contributed by atoms with Crippen LogP contribution in [0.2, 0.25) is 0 Å². The molecule has 0 aliphatic heterocycles. The van der Waals surface area contributed by atoms with Crippen molar-refractivity contribution in [2.45, 2.75) is 33.0 Å². The summed E-state index contributed by atoms with van der Waals surface area (Å²) >= 11 is 0. The first-order valence-corrected chi connectivity index (χ1v) is 5.09. The van der Waals surface area contributed by atoms with Crippen LogP contribution in [0, 0.1) is 6.92 Å². The number of ether oxygens (including phenoxy) is 1. The molecule has 0 bridgehead atoms. The minimum atomic E-state index is -1.46. The van der Waals surface area contributed by atoms with Crippen LogP contribution in [0.1, 0.15) is 30.5 Å². The Bertz CT molecular complexity index is 372. The van der Waals surface area contributed by atoms with Gasteiger partial charge in [0.1, 0.15) is 11.4 Å². The molecule has 0 radical (unpaired) electrons. The standard InChI is InChI=1S/C12H18FNO2/c1-8-5-6-10(12(2,3)13)11(15-4)9(8)7-16-14/h5-6H,7,14H2,1-4H3. The fourth-order valence-electron chi connectivity index (χ4n) is 1.69. The van der Waals surface area contributed by atoms with Crippen molar-refractivity contribution in [1.82, 2.24) is 0 Å². The quantitative estimate of drug-likeness (QED) is 0.804. The fraction of sp³-hybridized carbons (Fsp3) is 0.500. The van der Waals surface area contributed by atoms with Gasteiger partial charge in [-0.2, -0.15) is 0 Å². The van der Waals surface area contributed by atoms with Crippen molar-refractivity contribution in [3.05, 3.63) is 28.8 Å². The normalized spacial score (nSPS) is 11.6. The molecule has 0 atom stereocenters. The SMILES string of the molecule is COc1c(C(C)(C)F)ccc(C)c1CON. The second-order valence-corrected chi connectivity index (χ2v) is 4.23. The van der Waals surface area contributed by atoms with E-state index in [4.69, 9.17) is 10.6 Å². The molecule has 0 aliphatic carbocycles. The van der Waals surface area contributed by atoms with Gasteiger partial charge in [0, 0.05) is 11.1 Å². The van der Waals surface area contributed by atoms with Gasteiger partial charge in [-0.25, -0.2) is 10.3 Å². The Hall–Kier alpha value is -1.13. The Morgan fingerprint density at radius 1 is 1.38 bits per heavy atom. The number of halogens is 1. The molecule has 16 heavy (non-hydrogen) atoms. The smallest absolute Gasteiger partial charge is 0.134 e. The largest absolute Gasteiger partial charge is 0.496 e. The Labute approximate surface area is 95.3 Å². The lowest BCUT2D eigenvalue weighted by Gasteiger charge is -2.21. The predicted octanol–water partition coefficient (Wildman–Crippen LogP) is 2.60. The average Bonchev–Trinajstić information content (AvgIpc) is 2.19. The van der Waals surface area contributed by atoms with Crippen LogP contribution in [0.5, 0.6) is 5.75 Å². The second-order valence-electron chi connectivity index (χ2n) is 4.23. The van der Waals surface area contributed by atoms with Gasteiger partial charge in [0.25, 0.3) is 0 Å². The third-order valence-electron chi connectivity index (χ3n) is 2.57. The van der Waals surface area contributed by atoms with Gasteiger partial charge in [-0.15, -0.1) is 0 Å². The van der Waals surface area contributed by atoms with Crippen LogP contribution in [-0.2, 0) is 17.1 Å². The summed E-state index contributed by atoms with van der Waals surface area (Å²) in [5.74, 6) is 5.57. The lowest BCUT2D eigenvalue weighted by molar-refractivity contribution is 0.120. The monoisotopic (exact) mass is 227 g/mol. The van der Waals surface area contributed by atoms with E-state index in [1.54, 1.807) is 6.07 Å². The van der Waals surface area contributed by atoms with Crippen molar-refractivity contribution in [3.8, 4) is 5.75 Å². The minimum Gasteiger partial charge on any atom is -0.496 e. The van der Waals surface area contributed by atoms with Crippen LogP contribution in [0.15, 0.2) is 12.1 Å². The van der Waals surface area contributed by atoms with Crippen molar-refractivity contribution in [2.24, 2.45) is 5.90 Å². The van der Waals surface area contributed by atoms with E-state index in [9.17, 15) is 4.39 Å². The number of methoxy groups -OCH3 is 1. The zero-order valence-electron chi connectivity index (χ0n) is 10.1. The van der Waals surface area contributed by atoms with Gasteiger partial charge < -0.3 is 4.74 Å². The number of benzene rings is 1. The van der Waals surface area contributed by atoms with Crippen LogP contribution in [0.4, 0.5) is 4.39 Å². The summed E-state index contributed by atoms with van der Waals surface area (Å²) in [7, 11) is 1.52. The van der Waals surface area contributed by atoms with Crippen molar-refractivity contribution in [1.29, 1.82) is 0 Å². The Kier molecular flexibility index (Phi) is 3.88. The van der Waals surface area contributed by atoms with E-state index in [0.717, 1.165) is 11.1 Å². The molecule has 0 aromatic heterocycles. The Morgan fingerprint density at radius 3 is 2.44 bits per heavy atom. The van der Waals surface area contributed by atoms with Crippen molar-refractivity contribution in [2.75, 3.05) is 7.11 Å². The molecule has 0 aliphatic rings. The molecule has 0 fully saturated rings. The highest BCUT2D eigenvalue weighted by atomic mass is 19.1. The molecule has 1 rings (SSSR count). The van der Waals surface area contributed by atoms with Crippen LogP contribution >= 0.6 is 0 Å². The summed E-state index contributed by atoms with van der Waals surface area (Å²) < 4.78 is 19.2. The van der Waals surface area contributed by atoms with E-state index < -0.39 is 5.67 Å². The lowest BCUT2D eigenvalue weighted by Crippen LogP contribution is -2.14. The maximum Gasteiger partial charge on any atom is 0.134 e. The van der Waals surface area contributed by atoms with E-state index in [0.29, 0.717) is 11.3 Å². The van der Waals surface area contributed by atoms with Gasteiger partial charge >= 0.3 is 0 Å². The van der Waals surface area contributed by atoms with Crippen molar-refractivity contribution in [3.63, 3.8) is 0 Å². The zero-order chi connectivity index (χ0) is 12.3. The van der Waals surface area contributed by atoms with Crippen LogP contribution < -0.4 is 10.6 Å². The van der Waals surface area contributed by atoms with Gasteiger partial charge in [-0.3, -0.25) is 4.84 Å². The Morgan fingerprint density at radius 2 is 2.00 bits per heavy atom. The molecule has 4 heteroatoms. The average molecular weight is 227 g/mol. The highest BCUT2D eigenvalue weighted by Crippen LogP contribution is 2.36. The summed E-state index contributed by atoms with van der Waals surface area (Å²) in [6.45, 7) is 5.10. The molecule has 0 spiro atoms. The molecule has 1 aromatic carbocycles. The van der Waals surface area contributed by atoms with Crippen molar-refractivity contribution < 1.29 is 14.0 Å². The molecule has 1 aromatic rings. The van der Waals surface area contributed by atoms with E-state index in [1.807, 2.05) is 13.0 Å². The molecule has 0 unspecified atom stereocenters. The molecule has 0 saturated heterocycles. The first kappa shape index (κ1) is 12.9. The number of nitrogens with two attached hydrogens (primary N) is 1. The van der Waals surface area contributed by atoms with Gasteiger partial charge in [-0.05, 0) is 26.3 Å². The first-order chi connectivity index (χ1) is 7.41. The van der Waals surface area contributed by atoms with Gasteiger partial charge in [-0.1, -0.05) is 12.1 Å². The predicted molar refractivity (Wildman–Crippen MR) is 60.8 cm³/mol. The Balaban J connectivity index is 3.37. The van der Waals surface area contributed by atoms with E-state index in [-0.39, 0.29) is 6.61 Å². The highest BCUT2D eigenvalue weighted by molar-refractivity contribution is 5.48. The molecular weight excluding hydrogens is 209 g/mol. The van der Waals surface area contributed by atoms with Gasteiger partial charge in [0.15, 0.2) is 0 Å². The summed E-state index contributed by atoms with van der Waals surface area (Å²) in [6.07, 6.45) is 0. The highest BCUT2D eigenvalue weighted by Gasteiger charge is 2.25. The van der Waals surface area contributed by atoms with Gasteiger partial charge in [0.05, 0.1) is 13.7 Å². The molecule has 0 heterocycles. The summed E-state index contributed by atoms with van der Waals surface area (Å²) in [6, 6.07) is 3.57. The number of rotatable bonds is 4. The number of aryl methyl sites for hydroxylation is 1. The number of hydrogen-bond acceptors (Lipinski definition) is 3. The van der Waals surface area contributed by atoms with Crippen LogP contribution in [0.25, 0.3) is 0 Å². The molecule has 90 valence electrons. The number of alkyl halides is 1. The molecule has 2 N–H and O–H groups in total. The zero-order valence-corrected chi connectivity index (χ0v) is 10.1. The molecule has 0 amide bonds. The van der Waals surface area contributed by atoms with E-state index >= 15 is 0 Å². The lowest BCUT2D eigenvalue weighted by atomic mass is 9.94. The van der Waals surface area contributed by atoms with Crippen LogP contribution in [0.3, 0.4) is 0 Å². The fourth-order valence-corrected chi connectivity index (χ4v) is 1.69. The van der Waals surface area contributed by atoms with E-state index in [2.05, 4.69) is 4.84 Å². The van der Waals surface area contributed by atoms with Gasteiger partial charge in [0.2, 0.25) is 0 Å². The summed E-state index contributed by atoms with van der Waals surface area (Å²) in [5.41, 5.74) is 0.804. The third kappa shape index (κ3) is 2.51. The molecule has 3 nitrogen and oxygen atoms in total. The third-order valence-corrected chi connectivity index (χ3v) is 2.57. The van der Waals surface area contributed by atoms with Crippen LogP contribution in [-0.4, -0.2) is 7.11 Å². The maximum atomic E-state index is 14.0. The number of hydrogen-bond donors (Lipinski definition) is 1. The van der Waals surface area contributed by atoms with Crippen molar-refractivity contribution >= 4 is 0 Å². The second kappa shape index (κ2) is 4.80. The van der Waals surface area contributed by atoms with E-state index in [1.165, 1.54) is 21.0 Å². The summed E-state index contributed by atoms with van der Waals surface area (Å²) in [4.78, 5) is 4.62. The first-order valence-electron chi connectivity index (χ1n) is 5.09. The molecular formula is C12H18FNO2. The summed E-state index contributed by atoms with van der Waals surface area (Å²) in [5, 5.41) is 0. The topological polar surface area (TPSA) is 44.5 Å².